The Bertz CT molecular complexity index is 181. The minimum absolute atomic E-state index is 0.0185. The highest BCUT2D eigenvalue weighted by atomic mass is 32.1. The maximum atomic E-state index is 11.3. The van der Waals surface area contributed by atoms with Crippen LogP contribution in [0.25, 0.3) is 0 Å². The maximum Gasteiger partial charge on any atom is 0.229 e. The second-order valence-corrected chi connectivity index (χ2v) is 3.00. The molecular formula is C7H14N2O3S. The van der Waals surface area contributed by atoms with Crippen molar-refractivity contribution in [1.82, 2.24) is 4.90 Å². The Labute approximate surface area is 82.1 Å². The van der Waals surface area contributed by atoms with E-state index in [-0.39, 0.29) is 43.6 Å². The van der Waals surface area contributed by atoms with Crippen LogP contribution >= 0.6 is 12.2 Å². The lowest BCUT2D eigenvalue weighted by atomic mass is 10.3. The Morgan fingerprint density at radius 1 is 1.31 bits per heavy atom. The summed E-state index contributed by atoms with van der Waals surface area (Å²) < 4.78 is 0. The van der Waals surface area contributed by atoms with E-state index < -0.39 is 0 Å². The number of nitrogens with two attached hydrogens (primary N) is 1. The minimum atomic E-state index is -0.268. The van der Waals surface area contributed by atoms with E-state index in [1.807, 2.05) is 0 Å². The first kappa shape index (κ1) is 12.3. The molecule has 0 fully saturated rings. The fourth-order valence-electron chi connectivity index (χ4n) is 0.863. The molecule has 0 aromatic heterocycles. The molecule has 0 rings (SSSR count). The lowest BCUT2D eigenvalue weighted by Gasteiger charge is -2.20. The molecule has 5 nitrogen and oxygen atoms in total. The van der Waals surface area contributed by atoms with Gasteiger partial charge in [-0.2, -0.15) is 0 Å². The maximum absolute atomic E-state index is 11.3. The molecule has 0 aromatic rings. The number of carbonyl (C=O) groups excluding carboxylic acids is 1. The van der Waals surface area contributed by atoms with Gasteiger partial charge in [-0.15, -0.1) is 0 Å². The molecule has 0 bridgehead atoms. The van der Waals surface area contributed by atoms with E-state index in [0.717, 1.165) is 0 Å². The molecule has 0 aliphatic heterocycles. The zero-order valence-electron chi connectivity index (χ0n) is 7.27. The fourth-order valence-corrected chi connectivity index (χ4v) is 0.987. The van der Waals surface area contributed by atoms with Crippen LogP contribution in [-0.4, -0.2) is 52.3 Å². The van der Waals surface area contributed by atoms with Crippen molar-refractivity contribution in [3.05, 3.63) is 0 Å². The van der Waals surface area contributed by atoms with Gasteiger partial charge in [-0.05, 0) is 0 Å². The van der Waals surface area contributed by atoms with E-state index in [0.29, 0.717) is 0 Å². The molecule has 0 aliphatic carbocycles. The summed E-state index contributed by atoms with van der Waals surface area (Å²) in [6, 6.07) is 0. The predicted octanol–water partition coefficient (Wildman–Crippen LogP) is -1.52. The van der Waals surface area contributed by atoms with Gasteiger partial charge in [0.15, 0.2) is 0 Å². The highest BCUT2D eigenvalue weighted by molar-refractivity contribution is 7.80. The van der Waals surface area contributed by atoms with Crippen LogP contribution in [0.4, 0.5) is 0 Å². The smallest absolute Gasteiger partial charge is 0.229 e. The van der Waals surface area contributed by atoms with Crippen molar-refractivity contribution in [3.8, 4) is 0 Å². The van der Waals surface area contributed by atoms with Gasteiger partial charge in [-0.1, -0.05) is 12.2 Å². The SMILES string of the molecule is NC(=S)CC(=O)N(CCO)CCO. The number of hydrogen-bond donors (Lipinski definition) is 3. The average Bonchev–Trinajstić information content (AvgIpc) is 2.02. The molecule has 0 radical (unpaired) electrons. The van der Waals surface area contributed by atoms with Gasteiger partial charge in [0.25, 0.3) is 0 Å². The van der Waals surface area contributed by atoms with Gasteiger partial charge in [-0.3, -0.25) is 4.79 Å². The molecule has 76 valence electrons. The number of rotatable bonds is 6. The lowest BCUT2D eigenvalue weighted by Crippen LogP contribution is -2.37. The van der Waals surface area contributed by atoms with Gasteiger partial charge in [-0.25, -0.2) is 0 Å². The van der Waals surface area contributed by atoms with Crippen molar-refractivity contribution in [3.63, 3.8) is 0 Å². The molecule has 13 heavy (non-hydrogen) atoms. The molecule has 4 N–H and O–H groups in total. The summed E-state index contributed by atoms with van der Waals surface area (Å²) in [6.07, 6.45) is -0.0185. The predicted molar refractivity (Wildman–Crippen MR) is 52.2 cm³/mol. The van der Waals surface area contributed by atoms with Crippen molar-refractivity contribution >= 4 is 23.1 Å². The number of nitrogens with zero attached hydrogens (tertiary/aromatic N) is 1. The van der Waals surface area contributed by atoms with Crippen LogP contribution in [-0.2, 0) is 4.79 Å². The summed E-state index contributed by atoms with van der Waals surface area (Å²) in [4.78, 5) is 12.7. The van der Waals surface area contributed by atoms with E-state index >= 15 is 0 Å². The molecule has 0 aliphatic rings. The Hall–Kier alpha value is -0.720. The third kappa shape index (κ3) is 5.51. The fraction of sp³-hybridized carbons (Fsp3) is 0.714. The van der Waals surface area contributed by atoms with Crippen LogP contribution in [0.5, 0.6) is 0 Å². The summed E-state index contributed by atoms with van der Waals surface area (Å²) in [5, 5.41) is 17.2. The first-order valence-electron chi connectivity index (χ1n) is 3.89. The average molecular weight is 206 g/mol. The van der Waals surface area contributed by atoms with Crippen molar-refractivity contribution in [2.24, 2.45) is 5.73 Å². The quantitative estimate of drug-likeness (QED) is 0.459. The molecule has 0 aromatic carbocycles. The van der Waals surface area contributed by atoms with Gasteiger partial charge >= 0.3 is 0 Å². The summed E-state index contributed by atoms with van der Waals surface area (Å²) >= 11 is 4.56. The van der Waals surface area contributed by atoms with Gasteiger partial charge in [0.2, 0.25) is 5.91 Å². The number of carbonyl (C=O) groups is 1. The van der Waals surface area contributed by atoms with Crippen molar-refractivity contribution in [2.75, 3.05) is 26.3 Å². The van der Waals surface area contributed by atoms with Crippen molar-refractivity contribution < 1.29 is 15.0 Å². The largest absolute Gasteiger partial charge is 0.395 e. The summed E-state index contributed by atoms with van der Waals surface area (Å²) in [5.41, 5.74) is 5.18. The van der Waals surface area contributed by atoms with E-state index in [2.05, 4.69) is 12.2 Å². The number of amides is 1. The molecule has 0 heterocycles. The van der Waals surface area contributed by atoms with Gasteiger partial charge in [0.05, 0.1) is 24.6 Å². The van der Waals surface area contributed by atoms with Crippen LogP contribution < -0.4 is 5.73 Å². The molecule has 0 spiro atoms. The third-order valence-corrected chi connectivity index (χ3v) is 1.56. The molecule has 0 saturated carbocycles. The topological polar surface area (TPSA) is 86.8 Å². The summed E-state index contributed by atoms with van der Waals surface area (Å²) in [7, 11) is 0. The standard InChI is InChI=1S/C7H14N2O3S/c8-6(13)5-7(12)9(1-3-10)2-4-11/h10-11H,1-5H2,(H2,8,13). The molecule has 0 unspecified atom stereocenters. The van der Waals surface area contributed by atoms with Crippen LogP contribution in [0.1, 0.15) is 6.42 Å². The molecule has 6 heteroatoms. The Morgan fingerprint density at radius 2 is 1.77 bits per heavy atom. The normalized spacial score (nSPS) is 9.69. The highest BCUT2D eigenvalue weighted by Gasteiger charge is 2.12. The molecule has 0 saturated heterocycles. The zero-order valence-corrected chi connectivity index (χ0v) is 8.09. The van der Waals surface area contributed by atoms with E-state index in [9.17, 15) is 4.79 Å². The monoisotopic (exact) mass is 206 g/mol. The second-order valence-electron chi connectivity index (χ2n) is 2.47. The van der Waals surface area contributed by atoms with Gasteiger partial charge in [0.1, 0.15) is 0 Å². The van der Waals surface area contributed by atoms with Gasteiger partial charge < -0.3 is 20.8 Å². The van der Waals surface area contributed by atoms with E-state index in [1.54, 1.807) is 0 Å². The number of hydrogen-bond acceptors (Lipinski definition) is 4. The van der Waals surface area contributed by atoms with Crippen molar-refractivity contribution in [2.45, 2.75) is 6.42 Å². The first-order chi connectivity index (χ1) is 6.11. The number of aliphatic hydroxyl groups excluding tert-OH is 2. The second kappa shape index (κ2) is 6.76. The molecular weight excluding hydrogens is 192 g/mol. The van der Waals surface area contributed by atoms with Crippen molar-refractivity contribution in [1.29, 1.82) is 0 Å². The van der Waals surface area contributed by atoms with Crippen LogP contribution in [0.2, 0.25) is 0 Å². The third-order valence-electron chi connectivity index (χ3n) is 1.42. The Kier molecular flexibility index (Phi) is 6.38. The van der Waals surface area contributed by atoms with Crippen LogP contribution in [0.15, 0.2) is 0 Å². The number of thiocarbonyl (C=S) groups is 1. The summed E-state index contributed by atoms with van der Waals surface area (Å²) in [5.74, 6) is -0.268. The van der Waals surface area contributed by atoms with Crippen LogP contribution in [0.3, 0.4) is 0 Å². The van der Waals surface area contributed by atoms with E-state index in [4.69, 9.17) is 15.9 Å². The number of aliphatic hydroxyl groups is 2. The van der Waals surface area contributed by atoms with Gasteiger partial charge in [0, 0.05) is 13.1 Å². The zero-order chi connectivity index (χ0) is 10.3. The minimum Gasteiger partial charge on any atom is -0.395 e. The van der Waals surface area contributed by atoms with E-state index in [1.165, 1.54) is 4.90 Å². The Morgan fingerprint density at radius 3 is 2.08 bits per heavy atom. The Balaban J connectivity index is 4.02. The highest BCUT2D eigenvalue weighted by Crippen LogP contribution is 1.93. The lowest BCUT2D eigenvalue weighted by molar-refractivity contribution is -0.130. The summed E-state index contributed by atoms with van der Waals surface area (Å²) in [6.45, 7) is 0.121. The molecule has 1 amide bonds. The first-order valence-corrected chi connectivity index (χ1v) is 4.30. The molecule has 0 atom stereocenters. The van der Waals surface area contributed by atoms with Crippen LogP contribution in [0, 0.1) is 0 Å².